The number of amides is 2. The van der Waals surface area contributed by atoms with E-state index < -0.39 is 0 Å². The molecule has 4 heteroatoms. The number of carbonyl (C=O) groups is 2. The van der Waals surface area contributed by atoms with Gasteiger partial charge in [-0.05, 0) is 12.8 Å². The molecule has 4 nitrogen and oxygen atoms in total. The summed E-state index contributed by atoms with van der Waals surface area (Å²) in [6.07, 6.45) is 2.27. The normalized spacial score (nSPS) is 14.9. The summed E-state index contributed by atoms with van der Waals surface area (Å²) in [6, 6.07) is 0. The number of carbonyl (C=O) groups excluding carboxylic acids is 2. The van der Waals surface area contributed by atoms with E-state index in [9.17, 15) is 9.59 Å². The molecule has 0 aliphatic heterocycles. The molecule has 0 aromatic heterocycles. The predicted octanol–water partition coefficient (Wildman–Crippen LogP) is 0.399. The number of hydrogen-bond acceptors (Lipinski definition) is 2. The van der Waals surface area contributed by atoms with Crippen LogP contribution >= 0.6 is 0 Å². The number of primary amides is 2. The lowest BCUT2D eigenvalue weighted by molar-refractivity contribution is -0.121. The van der Waals surface area contributed by atoms with Gasteiger partial charge in [0.15, 0.2) is 0 Å². The highest BCUT2D eigenvalue weighted by atomic mass is 16.1. The van der Waals surface area contributed by atoms with Gasteiger partial charge in [0.1, 0.15) is 0 Å². The van der Waals surface area contributed by atoms with Gasteiger partial charge in [0.2, 0.25) is 11.8 Å². The second kappa shape index (κ2) is 5.56. The number of nitrogens with two attached hydrogens (primary N) is 2. The van der Waals surface area contributed by atoms with E-state index in [1.165, 1.54) is 0 Å². The van der Waals surface area contributed by atoms with Gasteiger partial charge in [0.05, 0.1) is 0 Å². The van der Waals surface area contributed by atoms with E-state index in [-0.39, 0.29) is 23.7 Å². The summed E-state index contributed by atoms with van der Waals surface area (Å²) in [5.74, 6) is -0.793. The van der Waals surface area contributed by atoms with Crippen molar-refractivity contribution in [3.05, 3.63) is 0 Å². The Labute approximate surface area is 78.7 Å². The molecule has 0 aromatic rings. The van der Waals surface area contributed by atoms with Crippen LogP contribution in [-0.2, 0) is 9.59 Å². The van der Waals surface area contributed by atoms with E-state index in [1.807, 2.05) is 0 Å². The second-order valence-electron chi connectivity index (χ2n) is 3.54. The smallest absolute Gasteiger partial charge is 0.220 e. The summed E-state index contributed by atoms with van der Waals surface area (Å²) in [7, 11) is 0. The molecular formula is C9H18N2O2. The number of hydrogen-bond donors (Lipinski definition) is 2. The molecule has 2 atom stereocenters. The molecule has 0 aromatic carbocycles. The van der Waals surface area contributed by atoms with Crippen LogP contribution in [0.1, 0.15) is 33.1 Å². The first-order chi connectivity index (χ1) is 5.95. The molecule has 0 rings (SSSR count). The lowest BCUT2D eigenvalue weighted by atomic mass is 9.98. The quantitative estimate of drug-likeness (QED) is 0.629. The van der Waals surface area contributed by atoms with Crippen molar-refractivity contribution in [1.29, 1.82) is 0 Å². The van der Waals surface area contributed by atoms with Gasteiger partial charge in [0, 0.05) is 11.8 Å². The standard InChI is InChI=1S/C9H18N2O2/c1-6(8(10)12)4-3-5-7(2)9(11)13/h6-7H,3-5H2,1-2H3,(H2,10,12)(H2,11,13). The minimum absolute atomic E-state index is 0.111. The predicted molar refractivity (Wildman–Crippen MR) is 50.6 cm³/mol. The summed E-state index contributed by atoms with van der Waals surface area (Å²) in [5, 5.41) is 0. The van der Waals surface area contributed by atoms with Gasteiger partial charge in [-0.15, -0.1) is 0 Å². The molecule has 76 valence electrons. The van der Waals surface area contributed by atoms with Crippen LogP contribution in [0.25, 0.3) is 0 Å². The molecule has 0 heterocycles. The molecule has 0 radical (unpaired) electrons. The molecular weight excluding hydrogens is 168 g/mol. The Kier molecular flexibility index (Phi) is 5.11. The van der Waals surface area contributed by atoms with E-state index in [1.54, 1.807) is 13.8 Å². The Balaban J connectivity index is 3.56. The first-order valence-corrected chi connectivity index (χ1v) is 4.53. The minimum atomic E-state index is -0.285. The van der Waals surface area contributed by atoms with Gasteiger partial charge in [-0.25, -0.2) is 0 Å². The Morgan fingerprint density at radius 1 is 1.00 bits per heavy atom. The molecule has 0 aliphatic rings. The maximum atomic E-state index is 10.6. The summed E-state index contributed by atoms with van der Waals surface area (Å²) in [6.45, 7) is 3.58. The first-order valence-electron chi connectivity index (χ1n) is 4.53. The lowest BCUT2D eigenvalue weighted by Crippen LogP contribution is -2.22. The Morgan fingerprint density at radius 3 is 1.54 bits per heavy atom. The van der Waals surface area contributed by atoms with Crippen molar-refractivity contribution < 1.29 is 9.59 Å². The summed E-state index contributed by atoms with van der Waals surface area (Å²) in [4.78, 5) is 21.3. The highest BCUT2D eigenvalue weighted by Crippen LogP contribution is 2.11. The van der Waals surface area contributed by atoms with E-state index in [0.29, 0.717) is 0 Å². The molecule has 13 heavy (non-hydrogen) atoms. The molecule has 2 amide bonds. The molecule has 0 aliphatic carbocycles. The fourth-order valence-corrected chi connectivity index (χ4v) is 1.01. The average Bonchev–Trinajstić information content (AvgIpc) is 2.03. The van der Waals surface area contributed by atoms with Crippen molar-refractivity contribution >= 4 is 11.8 Å². The largest absolute Gasteiger partial charge is 0.369 e. The van der Waals surface area contributed by atoms with Crippen molar-refractivity contribution in [1.82, 2.24) is 0 Å². The van der Waals surface area contributed by atoms with E-state index >= 15 is 0 Å². The van der Waals surface area contributed by atoms with E-state index in [2.05, 4.69) is 0 Å². The van der Waals surface area contributed by atoms with Crippen molar-refractivity contribution in [2.75, 3.05) is 0 Å². The van der Waals surface area contributed by atoms with E-state index in [4.69, 9.17) is 11.5 Å². The highest BCUT2D eigenvalue weighted by molar-refractivity contribution is 5.76. The third kappa shape index (κ3) is 5.22. The Hall–Kier alpha value is -1.06. The maximum Gasteiger partial charge on any atom is 0.220 e. The van der Waals surface area contributed by atoms with Gasteiger partial charge in [-0.2, -0.15) is 0 Å². The summed E-state index contributed by atoms with van der Waals surface area (Å²) in [5.41, 5.74) is 10.2. The monoisotopic (exact) mass is 186 g/mol. The average molecular weight is 186 g/mol. The topological polar surface area (TPSA) is 86.2 Å². The highest BCUT2D eigenvalue weighted by Gasteiger charge is 2.11. The van der Waals surface area contributed by atoms with Crippen LogP contribution < -0.4 is 11.5 Å². The fraction of sp³-hybridized carbons (Fsp3) is 0.778. The molecule has 0 fully saturated rings. The van der Waals surface area contributed by atoms with Crippen molar-refractivity contribution in [3.63, 3.8) is 0 Å². The zero-order valence-electron chi connectivity index (χ0n) is 8.25. The zero-order chi connectivity index (χ0) is 10.4. The van der Waals surface area contributed by atoms with E-state index in [0.717, 1.165) is 19.3 Å². The van der Waals surface area contributed by atoms with Crippen LogP contribution in [-0.4, -0.2) is 11.8 Å². The molecule has 2 unspecified atom stereocenters. The molecule has 4 N–H and O–H groups in total. The minimum Gasteiger partial charge on any atom is -0.369 e. The van der Waals surface area contributed by atoms with Crippen molar-refractivity contribution in [3.8, 4) is 0 Å². The van der Waals surface area contributed by atoms with Crippen LogP contribution in [0.3, 0.4) is 0 Å². The summed E-state index contributed by atoms with van der Waals surface area (Å²) >= 11 is 0. The van der Waals surface area contributed by atoms with Gasteiger partial charge in [0.25, 0.3) is 0 Å². The fourth-order valence-electron chi connectivity index (χ4n) is 1.01. The molecule has 0 bridgehead atoms. The maximum absolute atomic E-state index is 10.6. The van der Waals surface area contributed by atoms with Gasteiger partial charge in [-0.3, -0.25) is 9.59 Å². The third-order valence-electron chi connectivity index (χ3n) is 2.25. The molecule has 0 saturated heterocycles. The zero-order valence-corrected chi connectivity index (χ0v) is 8.25. The van der Waals surface area contributed by atoms with Gasteiger partial charge >= 0.3 is 0 Å². The Bertz CT molecular complexity index is 172. The SMILES string of the molecule is CC(CCCC(C)C(N)=O)C(N)=O. The molecule has 0 saturated carbocycles. The van der Waals surface area contributed by atoms with Crippen molar-refractivity contribution in [2.45, 2.75) is 33.1 Å². The third-order valence-corrected chi connectivity index (χ3v) is 2.25. The van der Waals surface area contributed by atoms with Crippen LogP contribution in [0.5, 0.6) is 0 Å². The van der Waals surface area contributed by atoms with Crippen molar-refractivity contribution in [2.24, 2.45) is 23.3 Å². The summed E-state index contributed by atoms with van der Waals surface area (Å²) < 4.78 is 0. The van der Waals surface area contributed by atoms with Crippen LogP contribution in [0.2, 0.25) is 0 Å². The van der Waals surface area contributed by atoms with Gasteiger partial charge in [-0.1, -0.05) is 20.3 Å². The Morgan fingerprint density at radius 2 is 1.31 bits per heavy atom. The second-order valence-corrected chi connectivity index (χ2v) is 3.54. The number of rotatable bonds is 6. The lowest BCUT2D eigenvalue weighted by Gasteiger charge is -2.09. The molecule has 0 spiro atoms. The van der Waals surface area contributed by atoms with Crippen LogP contribution in [0, 0.1) is 11.8 Å². The first kappa shape index (κ1) is 11.9. The van der Waals surface area contributed by atoms with Gasteiger partial charge < -0.3 is 11.5 Å². The van der Waals surface area contributed by atoms with Crippen LogP contribution in [0.15, 0.2) is 0 Å². The van der Waals surface area contributed by atoms with Crippen LogP contribution in [0.4, 0.5) is 0 Å².